The van der Waals surface area contributed by atoms with Gasteiger partial charge in [0.2, 0.25) is 0 Å². The number of nitrogens with zero attached hydrogens (tertiary/aromatic N) is 3. The number of amides is 1. The van der Waals surface area contributed by atoms with Gasteiger partial charge in [-0.15, -0.1) is 0 Å². The summed E-state index contributed by atoms with van der Waals surface area (Å²) in [5, 5.41) is 3.68. The lowest BCUT2D eigenvalue weighted by Crippen LogP contribution is -2.38. The van der Waals surface area contributed by atoms with Crippen molar-refractivity contribution in [3.8, 4) is 11.3 Å². The fourth-order valence-corrected chi connectivity index (χ4v) is 5.72. The number of hydrogen-bond acceptors (Lipinski definition) is 5. The van der Waals surface area contributed by atoms with E-state index in [2.05, 4.69) is 16.8 Å². The summed E-state index contributed by atoms with van der Waals surface area (Å²) in [7, 11) is -2.21. The van der Waals surface area contributed by atoms with Crippen LogP contribution >= 0.6 is 0 Å². The molecule has 2 aromatic heterocycles. The van der Waals surface area contributed by atoms with Gasteiger partial charge in [-0.2, -0.15) is 0 Å². The maximum Gasteiger partial charge on any atom is 0.264 e. The van der Waals surface area contributed by atoms with Crippen LogP contribution in [0.4, 0.5) is 5.69 Å². The van der Waals surface area contributed by atoms with Crippen LogP contribution in [0.5, 0.6) is 0 Å². The highest BCUT2D eigenvalue weighted by Gasteiger charge is 2.34. The van der Waals surface area contributed by atoms with Crippen molar-refractivity contribution < 1.29 is 17.7 Å². The number of aromatic nitrogens is 2. The van der Waals surface area contributed by atoms with Gasteiger partial charge < -0.3 is 14.0 Å². The quantitative estimate of drug-likeness (QED) is 0.627. The van der Waals surface area contributed by atoms with Crippen molar-refractivity contribution in [2.24, 2.45) is 13.0 Å². The highest BCUT2D eigenvalue weighted by Crippen LogP contribution is 2.31. The van der Waals surface area contributed by atoms with Crippen LogP contribution in [0.1, 0.15) is 41.5 Å². The highest BCUT2D eigenvalue weighted by atomic mass is 32.2. The van der Waals surface area contributed by atoms with Crippen molar-refractivity contribution in [3.63, 3.8) is 0 Å². The zero-order valence-corrected chi connectivity index (χ0v) is 19.6. The van der Waals surface area contributed by atoms with Gasteiger partial charge in [0.25, 0.3) is 15.9 Å². The maximum atomic E-state index is 13.4. The molecule has 0 spiro atoms. The summed E-state index contributed by atoms with van der Waals surface area (Å²) < 4.78 is 36.4. The Morgan fingerprint density at radius 2 is 1.75 bits per heavy atom. The maximum absolute atomic E-state index is 13.4. The summed E-state index contributed by atoms with van der Waals surface area (Å²) in [6.45, 7) is 6.97. The van der Waals surface area contributed by atoms with Crippen LogP contribution in [0.15, 0.2) is 45.9 Å². The molecule has 0 unspecified atom stereocenters. The number of rotatable bonds is 5. The first-order valence-corrected chi connectivity index (χ1v) is 12.2. The molecule has 170 valence electrons. The van der Waals surface area contributed by atoms with Crippen LogP contribution in [0, 0.1) is 19.8 Å². The van der Waals surface area contributed by atoms with E-state index in [1.165, 1.54) is 0 Å². The highest BCUT2D eigenvalue weighted by molar-refractivity contribution is 7.92. The summed E-state index contributed by atoms with van der Waals surface area (Å²) in [6.07, 6.45) is 3.40. The van der Waals surface area contributed by atoms with Gasteiger partial charge in [-0.3, -0.25) is 9.52 Å². The second-order valence-electron chi connectivity index (χ2n) is 8.47. The van der Waals surface area contributed by atoms with Gasteiger partial charge in [-0.25, -0.2) is 8.42 Å². The Morgan fingerprint density at radius 3 is 2.34 bits per heavy atom. The van der Waals surface area contributed by atoms with E-state index >= 15 is 0 Å². The number of hydrogen-bond donors (Lipinski definition) is 1. The Morgan fingerprint density at radius 1 is 1.09 bits per heavy atom. The number of anilines is 1. The van der Waals surface area contributed by atoms with Gasteiger partial charge in [-0.1, -0.05) is 12.1 Å². The number of nitrogens with one attached hydrogen (secondary N) is 1. The van der Waals surface area contributed by atoms with E-state index in [4.69, 9.17) is 4.52 Å². The SMILES string of the molecule is Cc1c(C(=O)N2CCC(C)CC2)c(S(=O)(=O)Nc2ccc(-c3ccno3)cc2)c(C)n1C. The number of carbonyl (C=O) groups is 1. The van der Waals surface area contributed by atoms with E-state index < -0.39 is 10.0 Å². The molecule has 1 amide bonds. The summed E-state index contributed by atoms with van der Waals surface area (Å²) in [4.78, 5) is 15.2. The monoisotopic (exact) mass is 456 g/mol. The third kappa shape index (κ3) is 4.04. The van der Waals surface area contributed by atoms with Crippen molar-refractivity contribution >= 4 is 21.6 Å². The molecule has 1 aliphatic rings. The molecule has 32 heavy (non-hydrogen) atoms. The topological polar surface area (TPSA) is 97.4 Å². The molecule has 0 bridgehead atoms. The standard InChI is InChI=1S/C23H28N4O4S/c1-15-10-13-27(14-11-15)23(28)21-16(2)26(4)17(3)22(21)32(29,30)25-19-7-5-18(6-8-19)20-9-12-24-31-20/h5-9,12,15,25H,10-11,13-14H2,1-4H3. The van der Waals surface area contributed by atoms with Gasteiger partial charge in [-0.05, 0) is 56.9 Å². The van der Waals surface area contributed by atoms with Crippen molar-refractivity contribution in [3.05, 3.63) is 53.5 Å². The van der Waals surface area contributed by atoms with Gasteiger partial charge in [0.15, 0.2) is 5.76 Å². The summed E-state index contributed by atoms with van der Waals surface area (Å²) in [5.41, 5.74) is 2.62. The van der Waals surface area contributed by atoms with E-state index in [9.17, 15) is 13.2 Å². The lowest BCUT2D eigenvalue weighted by atomic mass is 9.98. The van der Waals surface area contributed by atoms with Gasteiger partial charge in [0, 0.05) is 48.8 Å². The van der Waals surface area contributed by atoms with E-state index in [-0.39, 0.29) is 16.4 Å². The Balaban J connectivity index is 1.66. The van der Waals surface area contributed by atoms with Crippen LogP contribution < -0.4 is 4.72 Å². The molecular formula is C23H28N4O4S. The second-order valence-corrected chi connectivity index (χ2v) is 10.1. The molecule has 0 saturated carbocycles. The van der Waals surface area contributed by atoms with E-state index in [0.29, 0.717) is 41.8 Å². The first kappa shape index (κ1) is 22.1. The number of piperidine rings is 1. The number of benzene rings is 1. The lowest BCUT2D eigenvalue weighted by molar-refractivity contribution is 0.0692. The van der Waals surface area contributed by atoms with Crippen molar-refractivity contribution in [2.45, 2.75) is 38.5 Å². The van der Waals surface area contributed by atoms with Crippen LogP contribution in [0.3, 0.4) is 0 Å². The third-order valence-corrected chi connectivity index (χ3v) is 7.88. The largest absolute Gasteiger partial charge is 0.356 e. The molecule has 4 rings (SSSR count). The first-order chi connectivity index (χ1) is 15.2. The third-order valence-electron chi connectivity index (χ3n) is 6.34. The normalized spacial score (nSPS) is 15.2. The molecule has 0 radical (unpaired) electrons. The summed E-state index contributed by atoms with van der Waals surface area (Å²) in [6, 6.07) is 8.56. The second kappa shape index (κ2) is 8.46. The van der Waals surface area contributed by atoms with E-state index in [0.717, 1.165) is 18.4 Å². The van der Waals surface area contributed by atoms with Crippen LogP contribution in [-0.4, -0.2) is 42.0 Å². The predicted molar refractivity (Wildman–Crippen MR) is 122 cm³/mol. The molecular weight excluding hydrogens is 428 g/mol. The summed E-state index contributed by atoms with van der Waals surface area (Å²) >= 11 is 0. The van der Waals surface area contributed by atoms with Crippen LogP contribution in [0.2, 0.25) is 0 Å². The van der Waals surface area contributed by atoms with Crippen molar-refractivity contribution in [1.29, 1.82) is 0 Å². The Kier molecular flexibility index (Phi) is 5.85. The van der Waals surface area contributed by atoms with Gasteiger partial charge in [0.05, 0.1) is 11.8 Å². The molecule has 0 atom stereocenters. The molecule has 3 heterocycles. The molecule has 8 nitrogen and oxygen atoms in total. The summed E-state index contributed by atoms with van der Waals surface area (Å²) in [5.74, 6) is 0.944. The number of sulfonamides is 1. The van der Waals surface area contributed by atoms with Crippen molar-refractivity contribution in [2.75, 3.05) is 17.8 Å². The number of carbonyl (C=O) groups excluding carboxylic acids is 1. The Hall–Kier alpha value is -3.07. The zero-order valence-electron chi connectivity index (χ0n) is 18.8. The minimum absolute atomic E-state index is 0.0421. The molecule has 1 aliphatic heterocycles. The molecule has 1 saturated heterocycles. The van der Waals surface area contributed by atoms with Crippen LogP contribution in [-0.2, 0) is 17.1 Å². The van der Waals surface area contributed by atoms with Crippen molar-refractivity contribution in [1.82, 2.24) is 14.6 Å². The smallest absolute Gasteiger partial charge is 0.264 e. The van der Waals surface area contributed by atoms with Gasteiger partial charge in [0.1, 0.15) is 4.90 Å². The van der Waals surface area contributed by atoms with Crippen LogP contribution in [0.25, 0.3) is 11.3 Å². The predicted octanol–water partition coefficient (Wildman–Crippen LogP) is 3.97. The fourth-order valence-electron chi connectivity index (χ4n) is 4.14. The van der Waals surface area contributed by atoms with E-state index in [1.807, 2.05) is 0 Å². The molecule has 1 N–H and O–H groups in total. The number of likely N-dealkylation sites (tertiary alicyclic amines) is 1. The molecule has 3 aromatic rings. The average molecular weight is 457 g/mol. The minimum atomic E-state index is -3.99. The van der Waals surface area contributed by atoms with E-state index in [1.54, 1.807) is 66.9 Å². The zero-order chi connectivity index (χ0) is 23.0. The Labute approximate surface area is 188 Å². The lowest BCUT2D eigenvalue weighted by Gasteiger charge is -2.30. The minimum Gasteiger partial charge on any atom is -0.356 e. The average Bonchev–Trinajstić information content (AvgIpc) is 3.38. The molecule has 1 fully saturated rings. The molecule has 1 aromatic carbocycles. The molecule has 0 aliphatic carbocycles. The fraction of sp³-hybridized carbons (Fsp3) is 0.391. The molecule has 9 heteroatoms. The Bertz CT molecular complexity index is 1220. The first-order valence-electron chi connectivity index (χ1n) is 10.7. The van der Waals surface area contributed by atoms with Gasteiger partial charge >= 0.3 is 0 Å².